The maximum Gasteiger partial charge on any atom is 0.459 e. The van der Waals surface area contributed by atoms with Crippen LogP contribution in [0, 0.1) is 0 Å². The summed E-state index contributed by atoms with van der Waals surface area (Å²) < 4.78 is 239. The molecule has 1 nitrogen and oxygen atoms in total. The van der Waals surface area contributed by atoms with Crippen molar-refractivity contribution in [1.29, 1.82) is 0 Å². The fourth-order valence-electron chi connectivity index (χ4n) is 1.50. The van der Waals surface area contributed by atoms with Crippen LogP contribution in [0.5, 0.6) is 0 Å². The fourth-order valence-corrected chi connectivity index (χ4v) is 1.50. The van der Waals surface area contributed by atoms with Gasteiger partial charge in [0.25, 0.3) is 0 Å². The van der Waals surface area contributed by atoms with Gasteiger partial charge in [-0.2, -0.15) is 74.6 Å². The molecule has 20 heteroatoms. The van der Waals surface area contributed by atoms with Crippen molar-refractivity contribution in [3.8, 4) is 0 Å². The van der Waals surface area contributed by atoms with Gasteiger partial charge in [-0.15, -0.1) is 0 Å². The molecule has 0 aliphatic heterocycles. The molecule has 0 fully saturated rings. The van der Waals surface area contributed by atoms with Gasteiger partial charge in [-0.05, 0) is 0 Å². The number of hydrogen-bond donors (Lipinski definition) is 0. The average molecular weight is 500 g/mol. The maximum atomic E-state index is 13.6. The summed E-state index contributed by atoms with van der Waals surface area (Å²) in [6.07, 6.45) is -37.2. The van der Waals surface area contributed by atoms with Crippen molar-refractivity contribution in [1.82, 2.24) is 0 Å². The monoisotopic (exact) mass is 500 g/mol. The number of halogens is 19. The third kappa shape index (κ3) is 4.46. The predicted molar refractivity (Wildman–Crippen MR) is 52.6 cm³/mol. The summed E-state index contributed by atoms with van der Waals surface area (Å²) in [7, 11) is 0. The lowest BCUT2D eigenvalue weighted by Crippen LogP contribution is -2.69. The standard InChI is InChI=1S/C10H3F19O/c11-2(4(14,7(18,19)20)8(21,22)23)5(15,9(24,25)26)30-1-3(12,13)6(16,17)10(27,28)29/h2H,1H2. The van der Waals surface area contributed by atoms with Gasteiger partial charge < -0.3 is 4.74 Å². The SMILES string of the molecule is FC(C(F)(OCC(F)(F)C(F)(F)C(F)(F)F)C(F)(F)F)C(F)(C(F)(F)F)C(F)(F)F. The third-order valence-electron chi connectivity index (χ3n) is 3.17. The van der Waals surface area contributed by atoms with Crippen LogP contribution in [0.2, 0.25) is 0 Å². The Morgan fingerprint density at radius 2 is 0.833 bits per heavy atom. The second kappa shape index (κ2) is 7.35. The van der Waals surface area contributed by atoms with E-state index in [1.54, 1.807) is 0 Å². The zero-order chi connectivity index (χ0) is 25.0. The lowest BCUT2D eigenvalue weighted by molar-refractivity contribution is -0.431. The summed E-state index contributed by atoms with van der Waals surface area (Å²) in [5.74, 6) is -21.8. The number of alkyl halides is 19. The quantitative estimate of drug-likeness (QED) is 0.393. The first-order chi connectivity index (χ1) is 12.6. The van der Waals surface area contributed by atoms with Gasteiger partial charge in [0.05, 0.1) is 0 Å². The van der Waals surface area contributed by atoms with Gasteiger partial charge in [-0.25, -0.2) is 8.78 Å². The first-order valence-corrected chi connectivity index (χ1v) is 6.29. The van der Waals surface area contributed by atoms with Crippen LogP contribution in [0.15, 0.2) is 0 Å². The van der Waals surface area contributed by atoms with Gasteiger partial charge in [0.1, 0.15) is 6.61 Å². The van der Waals surface area contributed by atoms with E-state index >= 15 is 0 Å². The molecule has 0 heterocycles. The van der Waals surface area contributed by atoms with Crippen LogP contribution < -0.4 is 0 Å². The van der Waals surface area contributed by atoms with Crippen LogP contribution in [0.25, 0.3) is 0 Å². The molecule has 0 bridgehead atoms. The molecular formula is C10H3F19O. The first kappa shape index (κ1) is 28.6. The van der Waals surface area contributed by atoms with Crippen LogP contribution in [0.1, 0.15) is 0 Å². The molecule has 0 saturated heterocycles. The molecule has 0 aliphatic rings. The smallest absolute Gasteiger partial charge is 0.330 e. The van der Waals surface area contributed by atoms with Gasteiger partial charge in [-0.1, -0.05) is 0 Å². The highest BCUT2D eigenvalue weighted by Gasteiger charge is 2.85. The summed E-state index contributed by atoms with van der Waals surface area (Å²) in [4.78, 5) is 0. The summed E-state index contributed by atoms with van der Waals surface area (Å²) in [6, 6.07) is 0. The molecular weight excluding hydrogens is 497 g/mol. The molecule has 0 saturated carbocycles. The number of hydrogen-bond acceptors (Lipinski definition) is 1. The van der Waals surface area contributed by atoms with Crippen LogP contribution in [0.3, 0.4) is 0 Å². The number of ether oxygens (including phenoxy) is 1. The van der Waals surface area contributed by atoms with E-state index in [4.69, 9.17) is 0 Å². The molecule has 2 unspecified atom stereocenters. The Morgan fingerprint density at radius 3 is 1.07 bits per heavy atom. The van der Waals surface area contributed by atoms with Crippen LogP contribution in [0.4, 0.5) is 83.4 Å². The summed E-state index contributed by atoms with van der Waals surface area (Å²) in [5, 5.41) is 0. The lowest BCUT2D eigenvalue weighted by atomic mass is 9.92. The van der Waals surface area contributed by atoms with Gasteiger partial charge in [0.15, 0.2) is 0 Å². The van der Waals surface area contributed by atoms with E-state index in [1.165, 1.54) is 0 Å². The largest absolute Gasteiger partial charge is 0.459 e. The summed E-state index contributed by atoms with van der Waals surface area (Å²) >= 11 is 0. The molecule has 0 aromatic rings. The minimum atomic E-state index is -7.83. The van der Waals surface area contributed by atoms with Gasteiger partial charge >= 0.3 is 48.1 Å². The Labute approximate surface area is 150 Å². The minimum absolute atomic E-state index is 2.00. The van der Waals surface area contributed by atoms with Crippen molar-refractivity contribution in [2.75, 3.05) is 6.61 Å². The number of rotatable bonds is 6. The molecule has 0 spiro atoms. The van der Waals surface area contributed by atoms with Crippen LogP contribution in [-0.4, -0.2) is 60.9 Å². The van der Waals surface area contributed by atoms with Crippen LogP contribution >= 0.6 is 0 Å². The van der Waals surface area contributed by atoms with E-state index < -0.39 is 60.9 Å². The molecule has 0 amide bonds. The predicted octanol–water partition coefficient (Wildman–Crippen LogP) is 6.24. The Balaban J connectivity index is 6.43. The molecule has 0 aliphatic carbocycles. The summed E-state index contributed by atoms with van der Waals surface area (Å²) in [6.45, 7) is -4.28. The highest BCUT2D eigenvalue weighted by Crippen LogP contribution is 2.56. The van der Waals surface area contributed by atoms with E-state index in [9.17, 15) is 83.4 Å². The van der Waals surface area contributed by atoms with Crippen molar-refractivity contribution < 1.29 is 88.2 Å². The fraction of sp³-hybridized carbons (Fsp3) is 1.00. The highest BCUT2D eigenvalue weighted by molar-refractivity contribution is 5.08. The molecule has 182 valence electrons. The zero-order valence-electron chi connectivity index (χ0n) is 12.9. The minimum Gasteiger partial charge on any atom is -0.330 e. The van der Waals surface area contributed by atoms with Crippen LogP contribution in [-0.2, 0) is 4.74 Å². The highest BCUT2D eigenvalue weighted by atomic mass is 19.4. The summed E-state index contributed by atoms with van der Waals surface area (Å²) in [5.41, 5.74) is -7.83. The Kier molecular flexibility index (Phi) is 7.01. The normalized spacial score (nSPS) is 18.9. The van der Waals surface area contributed by atoms with E-state index in [-0.39, 0.29) is 0 Å². The van der Waals surface area contributed by atoms with Gasteiger partial charge in [0, 0.05) is 0 Å². The first-order valence-electron chi connectivity index (χ1n) is 6.29. The lowest BCUT2D eigenvalue weighted by Gasteiger charge is -2.40. The topological polar surface area (TPSA) is 9.23 Å². The molecule has 0 radical (unpaired) electrons. The van der Waals surface area contributed by atoms with Gasteiger partial charge in [0.2, 0.25) is 6.17 Å². The van der Waals surface area contributed by atoms with E-state index in [2.05, 4.69) is 0 Å². The van der Waals surface area contributed by atoms with Crippen molar-refractivity contribution >= 4 is 0 Å². The zero-order valence-corrected chi connectivity index (χ0v) is 12.9. The second-order valence-corrected chi connectivity index (χ2v) is 5.28. The molecule has 0 aromatic heterocycles. The van der Waals surface area contributed by atoms with Crippen molar-refractivity contribution in [3.05, 3.63) is 0 Å². The third-order valence-corrected chi connectivity index (χ3v) is 3.17. The maximum absolute atomic E-state index is 13.6. The molecule has 0 rings (SSSR count). The molecule has 0 N–H and O–H groups in total. The second-order valence-electron chi connectivity index (χ2n) is 5.28. The van der Waals surface area contributed by atoms with E-state index in [1.807, 2.05) is 4.74 Å². The molecule has 0 aromatic carbocycles. The average Bonchev–Trinajstić information content (AvgIpc) is 2.46. The molecule has 2 atom stereocenters. The van der Waals surface area contributed by atoms with Crippen molar-refractivity contribution in [2.45, 2.75) is 54.2 Å². The molecule has 30 heavy (non-hydrogen) atoms. The Hall–Kier alpha value is -1.37. The van der Waals surface area contributed by atoms with Crippen molar-refractivity contribution in [2.24, 2.45) is 0 Å². The Bertz CT molecular complexity index is 578. The van der Waals surface area contributed by atoms with E-state index in [0.29, 0.717) is 0 Å². The van der Waals surface area contributed by atoms with Gasteiger partial charge in [-0.3, -0.25) is 0 Å². The van der Waals surface area contributed by atoms with Crippen molar-refractivity contribution in [3.63, 3.8) is 0 Å². The van der Waals surface area contributed by atoms with E-state index in [0.717, 1.165) is 0 Å². The Morgan fingerprint density at radius 1 is 0.500 bits per heavy atom.